The molecule has 1 N–H and O–H groups in total. The van der Waals surface area contributed by atoms with E-state index in [2.05, 4.69) is 22.5 Å². The van der Waals surface area contributed by atoms with Crippen molar-refractivity contribution in [2.75, 3.05) is 18.5 Å². The highest BCUT2D eigenvalue weighted by Gasteiger charge is 2.12. The summed E-state index contributed by atoms with van der Waals surface area (Å²) >= 11 is 6.23. The summed E-state index contributed by atoms with van der Waals surface area (Å²) in [6.45, 7) is 0.990. The van der Waals surface area contributed by atoms with Gasteiger partial charge in [-0.2, -0.15) is 9.78 Å². The van der Waals surface area contributed by atoms with E-state index in [0.29, 0.717) is 24.5 Å². The molecule has 1 aliphatic carbocycles. The van der Waals surface area contributed by atoms with Gasteiger partial charge in [0.2, 0.25) is 0 Å². The number of halogens is 1. The molecule has 0 atom stereocenters. The first-order valence-corrected chi connectivity index (χ1v) is 9.42. The highest BCUT2D eigenvalue weighted by atomic mass is 35.5. The van der Waals surface area contributed by atoms with Crippen molar-refractivity contribution in [2.45, 2.75) is 19.3 Å². The SMILES string of the molecule is O=c1c(Cl)c(NCCOc2ccc3c(c2)CCC3)cnn1-c1ccccc1. The summed E-state index contributed by atoms with van der Waals surface area (Å²) in [7, 11) is 0. The van der Waals surface area contributed by atoms with Gasteiger partial charge in [-0.15, -0.1) is 0 Å². The lowest BCUT2D eigenvalue weighted by molar-refractivity contribution is 0.332. The summed E-state index contributed by atoms with van der Waals surface area (Å²) < 4.78 is 7.09. The lowest BCUT2D eigenvalue weighted by atomic mass is 10.1. The van der Waals surface area contributed by atoms with Gasteiger partial charge in [0.15, 0.2) is 0 Å². The van der Waals surface area contributed by atoms with E-state index in [9.17, 15) is 4.79 Å². The number of benzene rings is 2. The standard InChI is InChI=1S/C21H20ClN3O2/c22-20-19(14-24-25(21(20)26)17-7-2-1-3-8-17)23-11-12-27-18-10-9-15-5-4-6-16(15)13-18/h1-3,7-10,13-14,23H,4-6,11-12H2. The molecule has 0 saturated carbocycles. The van der Waals surface area contributed by atoms with E-state index in [1.54, 1.807) is 6.20 Å². The van der Waals surface area contributed by atoms with Gasteiger partial charge in [-0.25, -0.2) is 0 Å². The number of fused-ring (bicyclic) bond motifs is 1. The first-order chi connectivity index (χ1) is 13.2. The third kappa shape index (κ3) is 3.83. The van der Waals surface area contributed by atoms with Crippen LogP contribution in [0.4, 0.5) is 5.69 Å². The van der Waals surface area contributed by atoms with Gasteiger partial charge in [0.1, 0.15) is 17.4 Å². The first-order valence-electron chi connectivity index (χ1n) is 9.04. The summed E-state index contributed by atoms with van der Waals surface area (Å²) in [5, 5.41) is 7.44. The summed E-state index contributed by atoms with van der Waals surface area (Å²) in [5.74, 6) is 0.876. The maximum atomic E-state index is 12.4. The Balaban J connectivity index is 1.37. The van der Waals surface area contributed by atoms with Crippen LogP contribution >= 0.6 is 11.6 Å². The topological polar surface area (TPSA) is 56.1 Å². The fourth-order valence-electron chi connectivity index (χ4n) is 3.30. The van der Waals surface area contributed by atoms with Crippen LogP contribution in [0.5, 0.6) is 5.75 Å². The number of nitrogens with zero attached hydrogens (tertiary/aromatic N) is 2. The fraction of sp³-hybridized carbons (Fsp3) is 0.238. The number of hydrogen-bond acceptors (Lipinski definition) is 4. The maximum Gasteiger partial charge on any atom is 0.292 e. The molecular formula is C21H20ClN3O2. The van der Waals surface area contributed by atoms with Gasteiger partial charge in [-0.05, 0) is 54.7 Å². The number of ether oxygens (including phenoxy) is 1. The molecule has 0 fully saturated rings. The van der Waals surface area contributed by atoms with E-state index in [4.69, 9.17) is 16.3 Å². The van der Waals surface area contributed by atoms with E-state index in [1.165, 1.54) is 22.2 Å². The van der Waals surface area contributed by atoms with E-state index in [-0.39, 0.29) is 10.6 Å². The van der Waals surface area contributed by atoms with Crippen LogP contribution in [0, 0.1) is 0 Å². The normalized spacial score (nSPS) is 12.6. The predicted octanol–water partition coefficient (Wildman–Crippen LogP) is 3.87. The number of hydrogen-bond donors (Lipinski definition) is 1. The minimum absolute atomic E-state index is 0.117. The minimum Gasteiger partial charge on any atom is -0.492 e. The van der Waals surface area contributed by atoms with Gasteiger partial charge < -0.3 is 10.1 Å². The van der Waals surface area contributed by atoms with Gasteiger partial charge in [-0.1, -0.05) is 35.9 Å². The Kier molecular flexibility index (Phi) is 5.12. The van der Waals surface area contributed by atoms with Crippen LogP contribution in [0.25, 0.3) is 5.69 Å². The third-order valence-corrected chi connectivity index (χ3v) is 5.04. The number of aryl methyl sites for hydroxylation is 2. The number of para-hydroxylation sites is 1. The molecule has 0 radical (unpaired) electrons. The van der Waals surface area contributed by atoms with Gasteiger partial charge in [0.25, 0.3) is 5.56 Å². The lowest BCUT2D eigenvalue weighted by Crippen LogP contribution is -2.23. The van der Waals surface area contributed by atoms with Crippen LogP contribution in [0.15, 0.2) is 59.5 Å². The maximum absolute atomic E-state index is 12.4. The molecule has 3 aromatic rings. The van der Waals surface area contributed by atoms with E-state index in [1.807, 2.05) is 36.4 Å². The summed E-state index contributed by atoms with van der Waals surface area (Å²) in [5.41, 5.74) is 3.64. The average molecular weight is 382 g/mol. The Morgan fingerprint density at radius 2 is 1.93 bits per heavy atom. The molecule has 5 nitrogen and oxygen atoms in total. The smallest absolute Gasteiger partial charge is 0.292 e. The Hall–Kier alpha value is -2.79. The van der Waals surface area contributed by atoms with Crippen molar-refractivity contribution in [2.24, 2.45) is 0 Å². The molecule has 2 aromatic carbocycles. The molecule has 1 aromatic heterocycles. The molecular weight excluding hydrogens is 362 g/mol. The molecule has 138 valence electrons. The van der Waals surface area contributed by atoms with Crippen molar-refractivity contribution in [3.63, 3.8) is 0 Å². The number of anilines is 1. The first kappa shape index (κ1) is 17.6. The zero-order valence-corrected chi connectivity index (χ0v) is 15.6. The molecule has 0 saturated heterocycles. The zero-order valence-electron chi connectivity index (χ0n) is 14.8. The van der Waals surface area contributed by atoms with Crippen LogP contribution in [0.2, 0.25) is 5.02 Å². The van der Waals surface area contributed by atoms with E-state index < -0.39 is 0 Å². The van der Waals surface area contributed by atoms with E-state index in [0.717, 1.165) is 18.6 Å². The molecule has 0 unspecified atom stereocenters. The monoisotopic (exact) mass is 381 g/mol. The van der Waals surface area contributed by atoms with Gasteiger partial charge >= 0.3 is 0 Å². The largest absolute Gasteiger partial charge is 0.492 e. The molecule has 6 heteroatoms. The van der Waals surface area contributed by atoms with Gasteiger partial charge in [0, 0.05) is 6.54 Å². The molecule has 27 heavy (non-hydrogen) atoms. The van der Waals surface area contributed by atoms with Crippen LogP contribution in [0.1, 0.15) is 17.5 Å². The zero-order chi connectivity index (χ0) is 18.6. The highest BCUT2D eigenvalue weighted by Crippen LogP contribution is 2.26. The number of aromatic nitrogens is 2. The number of rotatable bonds is 6. The van der Waals surface area contributed by atoms with E-state index >= 15 is 0 Å². The van der Waals surface area contributed by atoms with Crippen molar-refractivity contribution in [3.8, 4) is 11.4 Å². The quantitative estimate of drug-likeness (QED) is 0.658. The summed E-state index contributed by atoms with van der Waals surface area (Å²) in [4.78, 5) is 12.4. The van der Waals surface area contributed by atoms with Crippen molar-refractivity contribution in [1.29, 1.82) is 0 Å². The predicted molar refractivity (Wildman–Crippen MR) is 107 cm³/mol. The fourth-order valence-corrected chi connectivity index (χ4v) is 3.50. The Labute approximate surface area is 162 Å². The van der Waals surface area contributed by atoms with Crippen LogP contribution in [-0.4, -0.2) is 22.9 Å². The average Bonchev–Trinajstić information content (AvgIpc) is 3.17. The molecule has 0 amide bonds. The second-order valence-electron chi connectivity index (χ2n) is 6.48. The molecule has 0 bridgehead atoms. The van der Waals surface area contributed by atoms with Crippen molar-refractivity contribution in [3.05, 3.63) is 81.2 Å². The second-order valence-corrected chi connectivity index (χ2v) is 6.86. The van der Waals surface area contributed by atoms with Crippen LogP contribution in [0.3, 0.4) is 0 Å². The van der Waals surface area contributed by atoms with Gasteiger partial charge in [0.05, 0.1) is 17.6 Å². The van der Waals surface area contributed by atoms with Gasteiger partial charge in [-0.3, -0.25) is 4.79 Å². The Morgan fingerprint density at radius 3 is 2.78 bits per heavy atom. The molecule has 4 rings (SSSR count). The van der Waals surface area contributed by atoms with Crippen molar-refractivity contribution >= 4 is 17.3 Å². The molecule has 0 spiro atoms. The second kappa shape index (κ2) is 7.84. The molecule has 1 heterocycles. The summed E-state index contributed by atoms with van der Waals surface area (Å²) in [6, 6.07) is 15.5. The Morgan fingerprint density at radius 1 is 1.11 bits per heavy atom. The van der Waals surface area contributed by atoms with Crippen LogP contribution < -0.4 is 15.6 Å². The third-order valence-electron chi connectivity index (χ3n) is 4.68. The Bertz CT molecular complexity index is 1000. The van der Waals surface area contributed by atoms with Crippen molar-refractivity contribution < 1.29 is 4.74 Å². The van der Waals surface area contributed by atoms with Crippen molar-refractivity contribution in [1.82, 2.24) is 9.78 Å². The lowest BCUT2D eigenvalue weighted by Gasteiger charge is -2.12. The highest BCUT2D eigenvalue weighted by molar-refractivity contribution is 6.32. The summed E-state index contributed by atoms with van der Waals surface area (Å²) in [6.07, 6.45) is 5.08. The minimum atomic E-state index is -0.354. The van der Waals surface area contributed by atoms with Crippen LogP contribution in [-0.2, 0) is 12.8 Å². The molecule has 0 aliphatic heterocycles. The number of nitrogens with one attached hydrogen (secondary N) is 1. The molecule has 1 aliphatic rings.